The highest BCUT2D eigenvalue weighted by Crippen LogP contribution is 2.40. The van der Waals surface area contributed by atoms with Gasteiger partial charge in [-0.2, -0.15) is 0 Å². The summed E-state index contributed by atoms with van der Waals surface area (Å²) in [7, 11) is 0. The smallest absolute Gasteiger partial charge is 0.276 e. The first-order chi connectivity index (χ1) is 11.6. The molecule has 0 saturated carbocycles. The number of hydrogen-bond donors (Lipinski definition) is 1. The highest BCUT2D eigenvalue weighted by atomic mass is 79.9. The van der Waals surface area contributed by atoms with E-state index in [2.05, 4.69) is 21.2 Å². The lowest BCUT2D eigenvalue weighted by Crippen LogP contribution is -2.32. The zero-order chi connectivity index (χ0) is 17.1. The van der Waals surface area contributed by atoms with Gasteiger partial charge >= 0.3 is 0 Å². The van der Waals surface area contributed by atoms with Crippen LogP contribution in [-0.2, 0) is 9.53 Å². The van der Waals surface area contributed by atoms with Gasteiger partial charge in [-0.3, -0.25) is 9.69 Å². The van der Waals surface area contributed by atoms with Crippen molar-refractivity contribution in [3.63, 3.8) is 0 Å². The minimum atomic E-state index is -0.134. The van der Waals surface area contributed by atoms with Crippen molar-refractivity contribution in [2.75, 3.05) is 26.6 Å². The molecule has 3 rings (SSSR count). The molecule has 6 nitrogen and oxygen atoms in total. The number of nitrogens with zero attached hydrogens (tertiary/aromatic N) is 1. The molecule has 2 aliphatic rings. The average molecular weight is 413 g/mol. The molecule has 0 unspecified atom stereocenters. The third kappa shape index (κ3) is 3.55. The van der Waals surface area contributed by atoms with Crippen LogP contribution in [0.1, 0.15) is 18.9 Å². The Bertz CT molecular complexity index is 708. The molecule has 0 spiro atoms. The molecular formula is C16H17BrN2O4S. The van der Waals surface area contributed by atoms with Crippen LogP contribution in [0.4, 0.5) is 0 Å². The van der Waals surface area contributed by atoms with Crippen LogP contribution in [0, 0.1) is 0 Å². The first-order valence-corrected chi connectivity index (χ1v) is 8.81. The summed E-state index contributed by atoms with van der Waals surface area (Å²) in [4.78, 5) is 14.1. The summed E-state index contributed by atoms with van der Waals surface area (Å²) >= 11 is 8.70. The third-order valence-corrected chi connectivity index (χ3v) is 4.51. The molecule has 1 aromatic rings. The summed E-state index contributed by atoms with van der Waals surface area (Å²) in [6, 6.07) is 3.70. The molecular weight excluding hydrogens is 396 g/mol. The standard InChI is InChI=1S/C16H17BrN2O4S/c1-2-21-5-3-4-19-15(20)12(18-16(19)24)7-10-6-11(17)14-13(8-10)22-9-23-14/h6-8H,2-5,9H2,1H3,(H,18,24)/b12-7-. The Labute approximate surface area is 153 Å². The summed E-state index contributed by atoms with van der Waals surface area (Å²) < 4.78 is 16.8. The van der Waals surface area contributed by atoms with E-state index in [0.29, 0.717) is 42.1 Å². The van der Waals surface area contributed by atoms with Crippen molar-refractivity contribution in [3.8, 4) is 11.5 Å². The van der Waals surface area contributed by atoms with Crippen molar-refractivity contribution in [2.24, 2.45) is 0 Å². The third-order valence-electron chi connectivity index (χ3n) is 3.60. The van der Waals surface area contributed by atoms with E-state index in [0.717, 1.165) is 16.5 Å². The van der Waals surface area contributed by atoms with Crippen molar-refractivity contribution >= 4 is 45.2 Å². The number of fused-ring (bicyclic) bond motifs is 1. The number of benzene rings is 1. The Balaban J connectivity index is 1.73. The number of ether oxygens (including phenoxy) is 3. The summed E-state index contributed by atoms with van der Waals surface area (Å²) in [6.07, 6.45) is 2.49. The Morgan fingerprint density at radius 3 is 3.08 bits per heavy atom. The lowest BCUT2D eigenvalue weighted by molar-refractivity contribution is -0.122. The van der Waals surface area contributed by atoms with Crippen LogP contribution < -0.4 is 14.8 Å². The molecule has 1 N–H and O–H groups in total. The molecule has 1 saturated heterocycles. The number of hydrogen-bond acceptors (Lipinski definition) is 5. The van der Waals surface area contributed by atoms with Gasteiger partial charge in [-0.25, -0.2) is 0 Å². The first kappa shape index (κ1) is 17.2. The number of halogens is 1. The van der Waals surface area contributed by atoms with E-state index in [9.17, 15) is 4.79 Å². The molecule has 24 heavy (non-hydrogen) atoms. The molecule has 2 aliphatic heterocycles. The molecule has 2 heterocycles. The van der Waals surface area contributed by atoms with Crippen LogP contribution in [0.3, 0.4) is 0 Å². The summed E-state index contributed by atoms with van der Waals surface area (Å²) in [5, 5.41) is 3.39. The molecule has 0 aromatic heterocycles. The van der Waals surface area contributed by atoms with E-state index in [1.165, 1.54) is 0 Å². The average Bonchev–Trinajstić information content (AvgIpc) is 3.11. The number of amides is 1. The fourth-order valence-electron chi connectivity index (χ4n) is 2.48. The van der Waals surface area contributed by atoms with Gasteiger partial charge in [0, 0.05) is 19.8 Å². The summed E-state index contributed by atoms with van der Waals surface area (Å²) in [5.41, 5.74) is 1.27. The molecule has 8 heteroatoms. The van der Waals surface area contributed by atoms with Gasteiger partial charge in [0.2, 0.25) is 6.79 Å². The Hall–Kier alpha value is -1.64. The topological polar surface area (TPSA) is 60.0 Å². The Morgan fingerprint density at radius 2 is 2.29 bits per heavy atom. The van der Waals surface area contributed by atoms with Gasteiger partial charge in [-0.1, -0.05) is 0 Å². The molecule has 0 bridgehead atoms. The van der Waals surface area contributed by atoms with Gasteiger partial charge < -0.3 is 19.5 Å². The molecule has 128 valence electrons. The SMILES string of the molecule is CCOCCCN1C(=O)/C(=C/c2cc(Br)c3c(c2)OCO3)NC1=S. The van der Waals surface area contributed by atoms with Crippen molar-refractivity contribution < 1.29 is 19.0 Å². The molecule has 1 aromatic carbocycles. The van der Waals surface area contributed by atoms with E-state index in [-0.39, 0.29) is 12.7 Å². The molecule has 0 atom stereocenters. The maximum Gasteiger partial charge on any atom is 0.276 e. The van der Waals surface area contributed by atoms with Crippen molar-refractivity contribution in [1.29, 1.82) is 0 Å². The van der Waals surface area contributed by atoms with E-state index in [1.807, 2.05) is 19.1 Å². The van der Waals surface area contributed by atoms with Gasteiger partial charge in [0.05, 0.1) is 4.47 Å². The second-order valence-electron chi connectivity index (χ2n) is 5.23. The highest BCUT2D eigenvalue weighted by molar-refractivity contribution is 9.10. The number of carbonyl (C=O) groups excluding carboxylic acids is 1. The maximum absolute atomic E-state index is 12.5. The summed E-state index contributed by atoms with van der Waals surface area (Å²) in [6.45, 7) is 3.95. The van der Waals surface area contributed by atoms with Crippen LogP contribution in [0.25, 0.3) is 6.08 Å². The fourth-order valence-corrected chi connectivity index (χ4v) is 3.34. The number of rotatable bonds is 6. The van der Waals surface area contributed by atoms with E-state index < -0.39 is 0 Å². The van der Waals surface area contributed by atoms with Crippen LogP contribution in [-0.4, -0.2) is 42.5 Å². The van der Waals surface area contributed by atoms with Gasteiger partial charge in [0.1, 0.15) is 5.70 Å². The second kappa shape index (κ2) is 7.50. The van der Waals surface area contributed by atoms with Crippen LogP contribution in [0.15, 0.2) is 22.3 Å². The lowest BCUT2D eigenvalue weighted by Gasteiger charge is -2.13. The van der Waals surface area contributed by atoms with E-state index >= 15 is 0 Å². The highest BCUT2D eigenvalue weighted by Gasteiger charge is 2.30. The zero-order valence-electron chi connectivity index (χ0n) is 13.1. The van der Waals surface area contributed by atoms with Gasteiger partial charge in [-0.15, -0.1) is 0 Å². The normalized spacial score (nSPS) is 17.8. The van der Waals surface area contributed by atoms with Crippen LogP contribution >= 0.6 is 28.1 Å². The minimum absolute atomic E-state index is 0.134. The van der Waals surface area contributed by atoms with Crippen molar-refractivity contribution in [2.45, 2.75) is 13.3 Å². The molecule has 0 radical (unpaired) electrons. The lowest BCUT2D eigenvalue weighted by atomic mass is 10.1. The minimum Gasteiger partial charge on any atom is -0.454 e. The van der Waals surface area contributed by atoms with E-state index in [4.69, 9.17) is 26.4 Å². The zero-order valence-corrected chi connectivity index (χ0v) is 15.5. The second-order valence-corrected chi connectivity index (χ2v) is 6.47. The number of thiocarbonyl (C=S) groups is 1. The predicted octanol–water partition coefficient (Wildman–Crippen LogP) is 2.66. The fraction of sp³-hybridized carbons (Fsp3) is 0.375. The van der Waals surface area contributed by atoms with Crippen molar-refractivity contribution in [3.05, 3.63) is 27.9 Å². The maximum atomic E-state index is 12.5. The van der Waals surface area contributed by atoms with E-state index in [1.54, 1.807) is 11.0 Å². The predicted molar refractivity (Wildman–Crippen MR) is 96.8 cm³/mol. The first-order valence-electron chi connectivity index (χ1n) is 7.61. The van der Waals surface area contributed by atoms with Crippen LogP contribution in [0.5, 0.6) is 11.5 Å². The molecule has 0 aliphatic carbocycles. The van der Waals surface area contributed by atoms with Gasteiger partial charge in [0.15, 0.2) is 16.6 Å². The van der Waals surface area contributed by atoms with Gasteiger partial charge in [0.25, 0.3) is 5.91 Å². The molecule has 1 fully saturated rings. The van der Waals surface area contributed by atoms with Crippen molar-refractivity contribution in [1.82, 2.24) is 10.2 Å². The monoisotopic (exact) mass is 412 g/mol. The molecule has 1 amide bonds. The number of nitrogens with one attached hydrogen (secondary N) is 1. The Kier molecular flexibility index (Phi) is 5.37. The summed E-state index contributed by atoms with van der Waals surface area (Å²) in [5.74, 6) is 1.19. The Morgan fingerprint density at radius 1 is 1.46 bits per heavy atom. The van der Waals surface area contributed by atoms with Gasteiger partial charge in [-0.05, 0) is 65.3 Å². The quantitative estimate of drug-likeness (QED) is 0.440. The van der Waals surface area contributed by atoms with Crippen LogP contribution in [0.2, 0.25) is 0 Å². The number of carbonyl (C=O) groups is 1. The largest absolute Gasteiger partial charge is 0.454 e.